The molecule has 0 unspecified atom stereocenters. The van der Waals surface area contributed by atoms with Gasteiger partial charge < -0.3 is 10.4 Å². The molecule has 0 aromatic carbocycles. The zero-order valence-electron chi connectivity index (χ0n) is 4.86. The monoisotopic (exact) mass is 152 g/mol. The first-order valence-electron chi connectivity index (χ1n) is 1.89. The molecule has 0 aliphatic carbocycles. The molecule has 49 valence electrons. The van der Waals surface area contributed by atoms with Crippen LogP contribution in [0.25, 0.3) is 5.32 Å². The van der Waals surface area contributed by atoms with Crippen molar-refractivity contribution in [3.63, 3.8) is 0 Å². The summed E-state index contributed by atoms with van der Waals surface area (Å²) in [5, 5.41) is 12.4. The van der Waals surface area contributed by atoms with Crippen LogP contribution in [0, 0.1) is 0 Å². The van der Waals surface area contributed by atoms with E-state index in [9.17, 15) is 0 Å². The van der Waals surface area contributed by atoms with E-state index in [2.05, 4.69) is 5.32 Å². The number of rotatable bonds is 0. The molecule has 0 heterocycles. The van der Waals surface area contributed by atoms with E-state index in [0.29, 0.717) is 0 Å². The van der Waals surface area contributed by atoms with Gasteiger partial charge in [-0.1, -0.05) is 6.92 Å². The van der Waals surface area contributed by atoms with E-state index in [1.165, 1.54) is 0 Å². The molecule has 0 aliphatic heterocycles. The first kappa shape index (κ1) is 15.7. The van der Waals surface area contributed by atoms with Crippen molar-refractivity contribution in [1.29, 1.82) is 0 Å². The Labute approximate surface area is 55.8 Å². The first-order valence-corrected chi connectivity index (χ1v) is 1.89. The SMILES string of the molecule is CC[O-].C[N-]C.[Cu+2]. The van der Waals surface area contributed by atoms with Gasteiger partial charge in [-0.05, 0) is 0 Å². The summed E-state index contributed by atoms with van der Waals surface area (Å²) in [4.78, 5) is 0. The Morgan fingerprint density at radius 2 is 1.43 bits per heavy atom. The fourth-order valence-corrected chi connectivity index (χ4v) is 0. The molecule has 0 bridgehead atoms. The molecule has 0 spiro atoms. The topological polar surface area (TPSA) is 37.2 Å². The molecule has 0 aliphatic rings. The Kier molecular flexibility index (Phi) is 71.6. The van der Waals surface area contributed by atoms with Gasteiger partial charge in [0.05, 0.1) is 0 Å². The van der Waals surface area contributed by atoms with Crippen molar-refractivity contribution >= 4 is 0 Å². The molecule has 1 radical (unpaired) electrons. The van der Waals surface area contributed by atoms with Crippen LogP contribution in [0.4, 0.5) is 0 Å². The van der Waals surface area contributed by atoms with Gasteiger partial charge >= 0.3 is 17.1 Å². The van der Waals surface area contributed by atoms with Crippen molar-refractivity contribution in [3.8, 4) is 0 Å². The Balaban J connectivity index is -0.0000000400. The molecular formula is C4H11CuNO. The second kappa shape index (κ2) is 32.0. The van der Waals surface area contributed by atoms with Crippen LogP contribution < -0.4 is 5.11 Å². The summed E-state index contributed by atoms with van der Waals surface area (Å²) in [5.74, 6) is 0. The standard InChI is InChI=1S/C2H6N.C2H5O.Cu/c1-3-2;1-2-3;/h1-2H3;2H2,1H3;/q2*-1;+2. The Bertz CT molecular complexity index is 13.7. The molecule has 0 aromatic heterocycles. The molecular weight excluding hydrogens is 142 g/mol. The predicted molar refractivity (Wildman–Crippen MR) is 25.7 cm³/mol. The maximum atomic E-state index is 8.93. The molecule has 0 fully saturated rings. The Morgan fingerprint density at radius 1 is 1.43 bits per heavy atom. The maximum absolute atomic E-state index is 8.93. The normalized spacial score (nSPS) is 5.14. The van der Waals surface area contributed by atoms with E-state index in [1.54, 1.807) is 21.0 Å². The average molecular weight is 153 g/mol. The van der Waals surface area contributed by atoms with Crippen LogP contribution in [0.1, 0.15) is 6.92 Å². The fourth-order valence-electron chi connectivity index (χ4n) is 0. The molecule has 7 heavy (non-hydrogen) atoms. The van der Waals surface area contributed by atoms with Gasteiger partial charge in [0, 0.05) is 0 Å². The summed E-state index contributed by atoms with van der Waals surface area (Å²) < 4.78 is 0. The third kappa shape index (κ3) is 657. The summed E-state index contributed by atoms with van der Waals surface area (Å²) in [6, 6.07) is 0. The minimum atomic E-state index is 0. The van der Waals surface area contributed by atoms with E-state index in [1.807, 2.05) is 0 Å². The van der Waals surface area contributed by atoms with Crippen LogP contribution >= 0.6 is 0 Å². The number of nitrogens with zero attached hydrogens (tertiary/aromatic N) is 1. The molecule has 0 saturated carbocycles. The molecule has 0 atom stereocenters. The number of hydrogen-bond acceptors (Lipinski definition) is 1. The van der Waals surface area contributed by atoms with E-state index in [0.717, 1.165) is 0 Å². The zero-order chi connectivity index (χ0) is 5.41. The minimum Gasteiger partial charge on any atom is -0.855 e. The van der Waals surface area contributed by atoms with Gasteiger partial charge in [-0.2, -0.15) is 14.1 Å². The summed E-state index contributed by atoms with van der Waals surface area (Å²) >= 11 is 0. The molecule has 2 nitrogen and oxygen atoms in total. The van der Waals surface area contributed by atoms with Crippen LogP contribution in [-0.4, -0.2) is 20.7 Å². The fraction of sp³-hybridized carbons (Fsp3) is 1.00. The van der Waals surface area contributed by atoms with Crippen molar-refractivity contribution in [2.75, 3.05) is 20.7 Å². The Morgan fingerprint density at radius 3 is 1.43 bits per heavy atom. The van der Waals surface area contributed by atoms with Crippen LogP contribution in [0.2, 0.25) is 0 Å². The molecule has 3 heteroatoms. The van der Waals surface area contributed by atoms with Gasteiger partial charge in [0.1, 0.15) is 0 Å². The second-order valence-electron chi connectivity index (χ2n) is 0.736. The van der Waals surface area contributed by atoms with Crippen LogP contribution in [-0.2, 0) is 17.1 Å². The molecule has 0 saturated heterocycles. The maximum Gasteiger partial charge on any atom is 2.00 e. The third-order valence-electron chi connectivity index (χ3n) is 0. The predicted octanol–water partition coefficient (Wildman–Crippen LogP) is -0.0162. The quantitative estimate of drug-likeness (QED) is 0.450. The van der Waals surface area contributed by atoms with Crippen LogP contribution in [0.15, 0.2) is 0 Å². The second-order valence-corrected chi connectivity index (χ2v) is 0.736. The van der Waals surface area contributed by atoms with Crippen LogP contribution in [0.5, 0.6) is 0 Å². The number of hydrogen-bond donors (Lipinski definition) is 0. The van der Waals surface area contributed by atoms with Crippen molar-refractivity contribution < 1.29 is 22.2 Å². The van der Waals surface area contributed by atoms with Crippen LogP contribution in [0.3, 0.4) is 0 Å². The summed E-state index contributed by atoms with van der Waals surface area (Å²) in [6.07, 6.45) is 0. The summed E-state index contributed by atoms with van der Waals surface area (Å²) in [7, 11) is 3.50. The van der Waals surface area contributed by atoms with Crippen molar-refractivity contribution in [2.45, 2.75) is 6.92 Å². The molecule has 0 rings (SSSR count). The van der Waals surface area contributed by atoms with Gasteiger partial charge in [-0.15, -0.1) is 6.61 Å². The van der Waals surface area contributed by atoms with Crippen molar-refractivity contribution in [1.82, 2.24) is 0 Å². The molecule has 0 aromatic rings. The summed E-state index contributed by atoms with van der Waals surface area (Å²) in [6.45, 7) is 1.57. The van der Waals surface area contributed by atoms with Crippen molar-refractivity contribution in [3.05, 3.63) is 5.32 Å². The van der Waals surface area contributed by atoms with Gasteiger partial charge in [0.2, 0.25) is 0 Å². The van der Waals surface area contributed by atoms with Gasteiger partial charge in [-0.25, -0.2) is 0 Å². The first-order chi connectivity index (χ1) is 2.83. The molecule has 0 amide bonds. The van der Waals surface area contributed by atoms with Crippen molar-refractivity contribution in [2.24, 2.45) is 0 Å². The Hall–Kier alpha value is 0.439. The van der Waals surface area contributed by atoms with Gasteiger partial charge in [0.25, 0.3) is 0 Å². The van der Waals surface area contributed by atoms with Gasteiger partial charge in [0.15, 0.2) is 0 Å². The smallest absolute Gasteiger partial charge is 0.855 e. The van der Waals surface area contributed by atoms with E-state index < -0.39 is 0 Å². The molecule has 0 N–H and O–H groups in total. The average Bonchev–Trinajstić information content (AvgIpc) is 1.39. The van der Waals surface area contributed by atoms with E-state index in [-0.39, 0.29) is 23.7 Å². The minimum absolute atomic E-state index is 0. The van der Waals surface area contributed by atoms with E-state index in [4.69, 9.17) is 5.11 Å². The summed E-state index contributed by atoms with van der Waals surface area (Å²) in [5.41, 5.74) is 0. The largest absolute Gasteiger partial charge is 2.00 e. The zero-order valence-corrected chi connectivity index (χ0v) is 5.81. The third-order valence-corrected chi connectivity index (χ3v) is 0. The van der Waals surface area contributed by atoms with E-state index >= 15 is 0 Å². The van der Waals surface area contributed by atoms with Gasteiger partial charge in [-0.3, -0.25) is 0 Å².